The van der Waals surface area contributed by atoms with E-state index in [2.05, 4.69) is 6.92 Å². The molecule has 0 bridgehead atoms. The summed E-state index contributed by atoms with van der Waals surface area (Å²) in [6, 6.07) is 9.10. The second kappa shape index (κ2) is 10.5. The van der Waals surface area contributed by atoms with Gasteiger partial charge in [0, 0.05) is 0 Å². The molecule has 0 amide bonds. The monoisotopic (exact) mass is 291 g/mol. The standard InChI is InChI=1S/C16H19NO3.H2O/c1-3-5-10-20-15-8-6-13(7-9-15)11-14(12-17)16(18)19-4-2;/h6-9,11H,3-5,10H2,1-2H3;1H2/b14-11+;. The molecule has 1 aromatic rings. The fourth-order valence-corrected chi connectivity index (χ4v) is 1.51. The van der Waals surface area contributed by atoms with Crippen molar-refractivity contribution < 1.29 is 19.7 Å². The minimum Gasteiger partial charge on any atom is -0.494 e. The minimum atomic E-state index is -0.599. The van der Waals surface area contributed by atoms with Crippen molar-refractivity contribution in [2.24, 2.45) is 0 Å². The molecule has 1 aromatic carbocycles. The number of nitrogens with zero attached hydrogens (tertiary/aromatic N) is 1. The molecule has 0 aromatic heterocycles. The number of hydrogen-bond acceptors (Lipinski definition) is 4. The van der Waals surface area contributed by atoms with Gasteiger partial charge in [0.15, 0.2) is 0 Å². The van der Waals surface area contributed by atoms with Gasteiger partial charge in [-0.3, -0.25) is 0 Å². The topological polar surface area (TPSA) is 90.8 Å². The first-order valence-corrected chi connectivity index (χ1v) is 6.73. The zero-order valence-electron chi connectivity index (χ0n) is 12.4. The second-order valence-electron chi connectivity index (χ2n) is 4.16. The lowest BCUT2D eigenvalue weighted by atomic mass is 10.1. The first kappa shape index (κ1) is 18.7. The lowest BCUT2D eigenvalue weighted by molar-refractivity contribution is -0.137. The van der Waals surface area contributed by atoms with E-state index in [0.717, 1.165) is 24.2 Å². The van der Waals surface area contributed by atoms with E-state index in [0.29, 0.717) is 6.61 Å². The van der Waals surface area contributed by atoms with Crippen LogP contribution in [0.1, 0.15) is 32.3 Å². The second-order valence-corrected chi connectivity index (χ2v) is 4.16. The van der Waals surface area contributed by atoms with Gasteiger partial charge in [-0.05, 0) is 37.1 Å². The van der Waals surface area contributed by atoms with Crippen LogP contribution in [-0.2, 0) is 9.53 Å². The summed E-state index contributed by atoms with van der Waals surface area (Å²) in [5.74, 6) is 0.184. The average molecular weight is 291 g/mol. The highest BCUT2D eigenvalue weighted by Gasteiger charge is 2.09. The normalized spacial score (nSPS) is 10.2. The van der Waals surface area contributed by atoms with Crippen molar-refractivity contribution in [3.8, 4) is 11.8 Å². The Labute approximate surface area is 125 Å². The smallest absolute Gasteiger partial charge is 0.348 e. The van der Waals surface area contributed by atoms with Crippen LogP contribution >= 0.6 is 0 Å². The molecule has 5 nitrogen and oxygen atoms in total. The molecule has 0 saturated carbocycles. The molecule has 0 aliphatic heterocycles. The van der Waals surface area contributed by atoms with Crippen molar-refractivity contribution in [3.05, 3.63) is 35.4 Å². The molecule has 0 atom stereocenters. The number of esters is 1. The van der Waals surface area contributed by atoms with Crippen molar-refractivity contribution >= 4 is 12.0 Å². The van der Waals surface area contributed by atoms with Gasteiger partial charge in [0.1, 0.15) is 17.4 Å². The van der Waals surface area contributed by atoms with Crippen LogP contribution in [0.25, 0.3) is 6.08 Å². The highest BCUT2D eigenvalue weighted by Crippen LogP contribution is 2.15. The number of benzene rings is 1. The third-order valence-corrected chi connectivity index (χ3v) is 2.57. The van der Waals surface area contributed by atoms with E-state index in [1.54, 1.807) is 19.1 Å². The fraction of sp³-hybridized carbons (Fsp3) is 0.375. The molecule has 0 aliphatic carbocycles. The van der Waals surface area contributed by atoms with Crippen LogP contribution in [-0.4, -0.2) is 24.7 Å². The van der Waals surface area contributed by atoms with E-state index in [4.69, 9.17) is 14.7 Å². The van der Waals surface area contributed by atoms with Crippen LogP contribution in [0, 0.1) is 11.3 Å². The Morgan fingerprint density at radius 2 is 1.95 bits per heavy atom. The molecular formula is C16H21NO4. The van der Waals surface area contributed by atoms with Gasteiger partial charge in [-0.2, -0.15) is 5.26 Å². The van der Waals surface area contributed by atoms with Gasteiger partial charge in [0.25, 0.3) is 0 Å². The molecule has 0 radical (unpaired) electrons. The van der Waals surface area contributed by atoms with E-state index in [1.807, 2.05) is 18.2 Å². The summed E-state index contributed by atoms with van der Waals surface area (Å²) < 4.78 is 10.3. The summed E-state index contributed by atoms with van der Waals surface area (Å²) in [6.07, 6.45) is 3.61. The Morgan fingerprint density at radius 3 is 2.48 bits per heavy atom. The van der Waals surface area contributed by atoms with Crippen molar-refractivity contribution in [2.75, 3.05) is 13.2 Å². The predicted octanol–water partition coefficient (Wildman–Crippen LogP) is 2.51. The molecule has 0 saturated heterocycles. The quantitative estimate of drug-likeness (QED) is 0.334. The Morgan fingerprint density at radius 1 is 1.29 bits per heavy atom. The van der Waals surface area contributed by atoms with E-state index in [9.17, 15) is 4.79 Å². The molecule has 0 spiro atoms. The fourth-order valence-electron chi connectivity index (χ4n) is 1.51. The number of carbonyl (C=O) groups excluding carboxylic acids is 1. The maximum atomic E-state index is 11.5. The van der Waals surface area contributed by atoms with Crippen LogP contribution in [0.4, 0.5) is 0 Å². The van der Waals surface area contributed by atoms with Crippen LogP contribution in [0.5, 0.6) is 5.75 Å². The van der Waals surface area contributed by atoms with Gasteiger partial charge in [0.05, 0.1) is 13.2 Å². The van der Waals surface area contributed by atoms with Crippen molar-refractivity contribution in [1.82, 2.24) is 0 Å². The first-order chi connectivity index (χ1) is 9.71. The first-order valence-electron chi connectivity index (χ1n) is 6.73. The largest absolute Gasteiger partial charge is 0.494 e. The van der Waals surface area contributed by atoms with Gasteiger partial charge in [0.2, 0.25) is 0 Å². The Kier molecular flexibility index (Phi) is 9.31. The van der Waals surface area contributed by atoms with Gasteiger partial charge < -0.3 is 14.9 Å². The molecule has 0 heterocycles. The SMILES string of the molecule is CCCCOc1ccc(/C=C(\C#N)C(=O)OCC)cc1.O. The molecular weight excluding hydrogens is 270 g/mol. The third-order valence-electron chi connectivity index (χ3n) is 2.57. The molecule has 1 rings (SSSR count). The summed E-state index contributed by atoms with van der Waals surface area (Å²) in [4.78, 5) is 11.5. The van der Waals surface area contributed by atoms with Crippen LogP contribution < -0.4 is 4.74 Å². The number of carbonyl (C=O) groups is 1. The van der Waals surface area contributed by atoms with Crippen LogP contribution in [0.3, 0.4) is 0 Å². The Hall–Kier alpha value is -2.32. The summed E-state index contributed by atoms with van der Waals surface area (Å²) in [7, 11) is 0. The zero-order valence-corrected chi connectivity index (χ0v) is 12.4. The van der Waals surface area contributed by atoms with Gasteiger partial charge in [-0.15, -0.1) is 0 Å². The van der Waals surface area contributed by atoms with Crippen LogP contribution in [0.15, 0.2) is 29.8 Å². The summed E-state index contributed by atoms with van der Waals surface area (Å²) >= 11 is 0. The maximum absolute atomic E-state index is 11.5. The molecule has 114 valence electrons. The number of hydrogen-bond donors (Lipinski definition) is 0. The van der Waals surface area contributed by atoms with E-state index >= 15 is 0 Å². The number of rotatable bonds is 7. The molecule has 0 fully saturated rings. The number of nitriles is 1. The third kappa shape index (κ3) is 6.59. The number of ether oxygens (including phenoxy) is 2. The maximum Gasteiger partial charge on any atom is 0.348 e. The molecule has 2 N–H and O–H groups in total. The van der Waals surface area contributed by atoms with Gasteiger partial charge in [-0.25, -0.2) is 4.79 Å². The van der Waals surface area contributed by atoms with Gasteiger partial charge >= 0.3 is 5.97 Å². The van der Waals surface area contributed by atoms with Crippen molar-refractivity contribution in [1.29, 1.82) is 5.26 Å². The van der Waals surface area contributed by atoms with Crippen LogP contribution in [0.2, 0.25) is 0 Å². The number of unbranched alkanes of at least 4 members (excludes halogenated alkanes) is 1. The molecule has 5 heteroatoms. The molecule has 0 unspecified atom stereocenters. The Bertz CT molecular complexity index is 500. The highest BCUT2D eigenvalue weighted by molar-refractivity contribution is 5.97. The zero-order chi connectivity index (χ0) is 14.8. The lowest BCUT2D eigenvalue weighted by Gasteiger charge is -2.05. The van der Waals surface area contributed by atoms with E-state index in [-0.39, 0.29) is 17.7 Å². The van der Waals surface area contributed by atoms with Crippen molar-refractivity contribution in [2.45, 2.75) is 26.7 Å². The molecule has 0 aliphatic rings. The summed E-state index contributed by atoms with van der Waals surface area (Å²) in [5, 5.41) is 8.94. The van der Waals surface area contributed by atoms with Gasteiger partial charge in [-0.1, -0.05) is 25.5 Å². The summed E-state index contributed by atoms with van der Waals surface area (Å²) in [6.45, 7) is 4.76. The van der Waals surface area contributed by atoms with Crippen molar-refractivity contribution in [3.63, 3.8) is 0 Å². The minimum absolute atomic E-state index is 0. The van der Waals surface area contributed by atoms with E-state index < -0.39 is 5.97 Å². The van der Waals surface area contributed by atoms with E-state index in [1.165, 1.54) is 6.08 Å². The average Bonchev–Trinajstić information content (AvgIpc) is 2.46. The molecule has 21 heavy (non-hydrogen) atoms. The summed E-state index contributed by atoms with van der Waals surface area (Å²) in [5.41, 5.74) is 0.754. The predicted molar refractivity (Wildman–Crippen MR) is 80.7 cm³/mol. The highest BCUT2D eigenvalue weighted by atomic mass is 16.5. The Balaban J connectivity index is 0.00000400. The lowest BCUT2D eigenvalue weighted by Crippen LogP contribution is -2.05.